The van der Waals surface area contributed by atoms with Gasteiger partial charge in [-0.15, -0.1) is 11.3 Å². The van der Waals surface area contributed by atoms with Crippen molar-refractivity contribution in [1.82, 2.24) is 14.9 Å². The fourth-order valence-corrected chi connectivity index (χ4v) is 4.00. The van der Waals surface area contributed by atoms with Gasteiger partial charge < -0.3 is 10.6 Å². The van der Waals surface area contributed by atoms with Crippen molar-refractivity contribution >= 4 is 39.1 Å². The second kappa shape index (κ2) is 7.20. The average Bonchev–Trinajstić information content (AvgIpc) is 3.42. The van der Waals surface area contributed by atoms with Crippen molar-refractivity contribution < 1.29 is 9.59 Å². The highest BCUT2D eigenvalue weighted by Gasteiger charge is 2.25. The molecule has 1 saturated carbocycles. The van der Waals surface area contributed by atoms with Gasteiger partial charge in [0.15, 0.2) is 0 Å². The van der Waals surface area contributed by atoms with Gasteiger partial charge in [-0.25, -0.2) is 4.98 Å². The summed E-state index contributed by atoms with van der Waals surface area (Å²) in [5.41, 5.74) is 1.50. The van der Waals surface area contributed by atoms with Crippen LogP contribution in [0, 0.1) is 13.8 Å². The lowest BCUT2D eigenvalue weighted by molar-refractivity contribution is -0.116. The molecule has 4 rings (SSSR count). The first-order valence-electron chi connectivity index (χ1n) is 9.09. The molecule has 1 aliphatic rings. The number of anilines is 1. The van der Waals surface area contributed by atoms with Crippen LogP contribution in [0.5, 0.6) is 0 Å². The Labute approximate surface area is 165 Å². The fraction of sp³-hybridized carbons (Fsp3) is 0.300. The Morgan fingerprint density at radius 1 is 1.25 bits per heavy atom. The van der Waals surface area contributed by atoms with Crippen LogP contribution in [-0.4, -0.2) is 27.4 Å². The van der Waals surface area contributed by atoms with E-state index in [1.807, 2.05) is 13.8 Å². The molecule has 0 saturated heterocycles. The lowest BCUT2D eigenvalue weighted by Gasteiger charge is -2.12. The first-order chi connectivity index (χ1) is 13.4. The standard InChI is InChI=1S/C20H20N4O3S/c1-11-12(2)28-19-17(11)20(27)24(10-21-19)9-16(25)23-15-6-4-3-5-14(15)18(26)22-13-7-8-13/h3-6,10,13H,7-9H2,1-2H3,(H,22,26)(H,23,25). The number of thiophene rings is 1. The molecule has 2 heterocycles. The normalized spacial score (nSPS) is 13.5. The molecular weight excluding hydrogens is 376 g/mol. The second-order valence-corrected chi connectivity index (χ2v) is 8.19. The van der Waals surface area contributed by atoms with E-state index in [4.69, 9.17) is 0 Å². The number of aromatic nitrogens is 2. The Balaban J connectivity index is 1.55. The number of nitrogens with zero attached hydrogens (tertiary/aromatic N) is 2. The molecule has 2 N–H and O–H groups in total. The molecule has 0 spiro atoms. The first kappa shape index (κ1) is 18.4. The van der Waals surface area contributed by atoms with Crippen LogP contribution >= 0.6 is 11.3 Å². The summed E-state index contributed by atoms with van der Waals surface area (Å²) in [7, 11) is 0. The highest BCUT2D eigenvalue weighted by molar-refractivity contribution is 7.18. The Morgan fingerprint density at radius 3 is 2.75 bits per heavy atom. The lowest BCUT2D eigenvalue weighted by Crippen LogP contribution is -2.30. The molecule has 0 unspecified atom stereocenters. The van der Waals surface area contributed by atoms with E-state index in [9.17, 15) is 14.4 Å². The van der Waals surface area contributed by atoms with Gasteiger partial charge in [-0.3, -0.25) is 19.0 Å². The van der Waals surface area contributed by atoms with E-state index in [1.165, 1.54) is 22.2 Å². The van der Waals surface area contributed by atoms with Gasteiger partial charge in [0.25, 0.3) is 11.5 Å². The SMILES string of the molecule is Cc1sc2ncn(CC(=O)Nc3ccccc3C(=O)NC3CC3)c(=O)c2c1C. The van der Waals surface area contributed by atoms with E-state index in [2.05, 4.69) is 15.6 Å². The van der Waals surface area contributed by atoms with Crippen LogP contribution in [-0.2, 0) is 11.3 Å². The van der Waals surface area contributed by atoms with Crippen molar-refractivity contribution in [3.05, 3.63) is 57.0 Å². The van der Waals surface area contributed by atoms with Gasteiger partial charge in [0.2, 0.25) is 5.91 Å². The summed E-state index contributed by atoms with van der Waals surface area (Å²) in [6, 6.07) is 7.08. The van der Waals surface area contributed by atoms with Gasteiger partial charge in [0.1, 0.15) is 11.4 Å². The maximum atomic E-state index is 12.7. The maximum Gasteiger partial charge on any atom is 0.262 e. The van der Waals surface area contributed by atoms with Crippen LogP contribution in [0.1, 0.15) is 33.6 Å². The monoisotopic (exact) mass is 396 g/mol. The smallest absolute Gasteiger partial charge is 0.262 e. The molecule has 8 heteroatoms. The molecular formula is C20H20N4O3S. The van der Waals surface area contributed by atoms with E-state index < -0.39 is 0 Å². The van der Waals surface area contributed by atoms with E-state index in [-0.39, 0.29) is 30.0 Å². The third-order valence-electron chi connectivity index (χ3n) is 4.83. The number of para-hydroxylation sites is 1. The van der Waals surface area contributed by atoms with Crippen LogP contribution in [0.15, 0.2) is 35.4 Å². The van der Waals surface area contributed by atoms with Gasteiger partial charge in [-0.05, 0) is 44.4 Å². The average molecular weight is 396 g/mol. The van der Waals surface area contributed by atoms with Crippen molar-refractivity contribution in [3.63, 3.8) is 0 Å². The molecule has 1 aliphatic carbocycles. The van der Waals surface area contributed by atoms with Gasteiger partial charge in [0, 0.05) is 10.9 Å². The topological polar surface area (TPSA) is 93.1 Å². The zero-order chi connectivity index (χ0) is 19.8. The number of nitrogens with one attached hydrogen (secondary N) is 2. The van der Waals surface area contributed by atoms with Gasteiger partial charge in [-0.1, -0.05) is 12.1 Å². The summed E-state index contributed by atoms with van der Waals surface area (Å²) < 4.78 is 1.30. The number of aryl methyl sites for hydroxylation is 2. The predicted molar refractivity (Wildman–Crippen MR) is 109 cm³/mol. The zero-order valence-corrected chi connectivity index (χ0v) is 16.4. The Kier molecular flexibility index (Phi) is 4.72. The molecule has 2 aromatic heterocycles. The molecule has 3 aromatic rings. The number of carbonyl (C=O) groups is 2. The number of amides is 2. The molecule has 2 amide bonds. The molecule has 144 valence electrons. The summed E-state index contributed by atoms with van der Waals surface area (Å²) in [5.74, 6) is -0.595. The van der Waals surface area contributed by atoms with Crippen LogP contribution in [0.4, 0.5) is 5.69 Å². The van der Waals surface area contributed by atoms with E-state index in [1.54, 1.807) is 24.3 Å². The molecule has 0 aliphatic heterocycles. The minimum Gasteiger partial charge on any atom is -0.349 e. The molecule has 0 atom stereocenters. The fourth-order valence-electron chi connectivity index (χ4n) is 3.01. The predicted octanol–water partition coefficient (Wildman–Crippen LogP) is 2.61. The van der Waals surface area contributed by atoms with Crippen LogP contribution < -0.4 is 16.2 Å². The number of fused-ring (bicyclic) bond motifs is 1. The zero-order valence-electron chi connectivity index (χ0n) is 15.6. The summed E-state index contributed by atoms with van der Waals surface area (Å²) in [4.78, 5) is 43.7. The number of benzene rings is 1. The Morgan fingerprint density at radius 2 is 2.00 bits per heavy atom. The summed E-state index contributed by atoms with van der Waals surface area (Å²) in [5, 5.41) is 6.22. The molecule has 7 nitrogen and oxygen atoms in total. The van der Waals surface area contributed by atoms with Crippen molar-refractivity contribution in [3.8, 4) is 0 Å². The van der Waals surface area contributed by atoms with E-state index in [0.29, 0.717) is 21.5 Å². The second-order valence-electron chi connectivity index (χ2n) is 6.98. The largest absolute Gasteiger partial charge is 0.349 e. The number of hydrogen-bond donors (Lipinski definition) is 2. The number of hydrogen-bond acceptors (Lipinski definition) is 5. The van der Waals surface area contributed by atoms with Crippen LogP contribution in [0.3, 0.4) is 0 Å². The van der Waals surface area contributed by atoms with Crippen molar-refractivity contribution in [1.29, 1.82) is 0 Å². The molecule has 1 fully saturated rings. The quantitative estimate of drug-likeness (QED) is 0.693. The summed E-state index contributed by atoms with van der Waals surface area (Å²) in [6.45, 7) is 3.66. The Bertz CT molecular complexity index is 1140. The molecule has 1 aromatic carbocycles. The highest BCUT2D eigenvalue weighted by Crippen LogP contribution is 2.25. The van der Waals surface area contributed by atoms with E-state index >= 15 is 0 Å². The molecule has 28 heavy (non-hydrogen) atoms. The van der Waals surface area contributed by atoms with Crippen molar-refractivity contribution in [2.45, 2.75) is 39.3 Å². The third-order valence-corrected chi connectivity index (χ3v) is 5.94. The molecule has 0 radical (unpaired) electrons. The number of carbonyl (C=O) groups excluding carboxylic acids is 2. The van der Waals surface area contributed by atoms with Crippen LogP contribution in [0.25, 0.3) is 10.2 Å². The lowest BCUT2D eigenvalue weighted by atomic mass is 10.1. The minimum atomic E-state index is -0.389. The van der Waals surface area contributed by atoms with Crippen molar-refractivity contribution in [2.75, 3.05) is 5.32 Å². The minimum absolute atomic E-state index is 0.172. The third kappa shape index (κ3) is 3.55. The maximum absolute atomic E-state index is 12.7. The van der Waals surface area contributed by atoms with Gasteiger partial charge in [0.05, 0.1) is 23.0 Å². The summed E-state index contributed by atoms with van der Waals surface area (Å²) in [6.07, 6.45) is 3.37. The Hall–Kier alpha value is -3.00. The van der Waals surface area contributed by atoms with Crippen molar-refractivity contribution in [2.24, 2.45) is 0 Å². The van der Waals surface area contributed by atoms with Crippen LogP contribution in [0.2, 0.25) is 0 Å². The first-order valence-corrected chi connectivity index (χ1v) is 9.90. The number of rotatable bonds is 5. The summed E-state index contributed by atoms with van der Waals surface area (Å²) >= 11 is 1.47. The van der Waals surface area contributed by atoms with Gasteiger partial charge >= 0.3 is 0 Å². The molecule has 0 bridgehead atoms. The van der Waals surface area contributed by atoms with E-state index in [0.717, 1.165) is 23.3 Å². The highest BCUT2D eigenvalue weighted by atomic mass is 32.1. The van der Waals surface area contributed by atoms with Gasteiger partial charge in [-0.2, -0.15) is 0 Å².